The Morgan fingerprint density at radius 3 is 3.06 bits per heavy atom. The van der Waals surface area contributed by atoms with Crippen molar-refractivity contribution in [3.63, 3.8) is 0 Å². The summed E-state index contributed by atoms with van der Waals surface area (Å²) in [5.41, 5.74) is 3.65. The number of hydrogen-bond acceptors (Lipinski definition) is 1. The number of nitrogens with one attached hydrogen (secondary N) is 1. The van der Waals surface area contributed by atoms with Gasteiger partial charge >= 0.3 is 0 Å². The van der Waals surface area contributed by atoms with Gasteiger partial charge in [0.15, 0.2) is 0 Å². The van der Waals surface area contributed by atoms with Crippen LogP contribution in [-0.2, 0) is 20.0 Å². The van der Waals surface area contributed by atoms with Crippen LogP contribution in [0.2, 0.25) is 0 Å². The van der Waals surface area contributed by atoms with Crippen LogP contribution in [0.15, 0.2) is 16.6 Å². The minimum atomic E-state index is -0.182. The molecule has 3 rings (SSSR count). The SMILES string of the molecule is Cn1c2c(c3cc(F)cc(Br)c31)CNCC2. The van der Waals surface area contributed by atoms with Crippen molar-refractivity contribution < 1.29 is 4.39 Å². The Morgan fingerprint density at radius 1 is 1.44 bits per heavy atom. The molecule has 1 aliphatic heterocycles. The lowest BCUT2D eigenvalue weighted by Crippen LogP contribution is -2.24. The quantitative estimate of drug-likeness (QED) is 0.786. The van der Waals surface area contributed by atoms with Crippen LogP contribution in [0.25, 0.3) is 10.9 Å². The van der Waals surface area contributed by atoms with E-state index in [2.05, 4.69) is 32.9 Å². The van der Waals surface area contributed by atoms with Crippen LogP contribution < -0.4 is 5.32 Å². The normalized spacial score (nSPS) is 15.4. The number of aromatic nitrogens is 1. The minimum absolute atomic E-state index is 0.182. The first-order valence-electron chi connectivity index (χ1n) is 5.34. The minimum Gasteiger partial charge on any atom is -0.346 e. The summed E-state index contributed by atoms with van der Waals surface area (Å²) in [6.07, 6.45) is 1.01. The summed E-state index contributed by atoms with van der Waals surface area (Å²) in [7, 11) is 2.05. The molecule has 2 nitrogen and oxygen atoms in total. The molecule has 0 spiro atoms. The Balaban J connectivity index is 2.44. The standard InChI is InChI=1S/C12H12BrFN2/c1-16-11-2-3-15-6-9(11)8-4-7(14)5-10(13)12(8)16/h4-5,15H,2-3,6H2,1H3. The predicted octanol–water partition coefficient (Wildman–Crippen LogP) is 2.73. The van der Waals surface area contributed by atoms with Crippen LogP contribution in [0.1, 0.15) is 11.3 Å². The van der Waals surface area contributed by atoms with Gasteiger partial charge in [-0.3, -0.25) is 0 Å². The molecule has 1 N–H and O–H groups in total. The molecule has 84 valence electrons. The van der Waals surface area contributed by atoms with Crippen LogP contribution in [-0.4, -0.2) is 11.1 Å². The van der Waals surface area contributed by atoms with Gasteiger partial charge in [-0.15, -0.1) is 0 Å². The molecule has 0 aliphatic carbocycles. The van der Waals surface area contributed by atoms with Crippen molar-refractivity contribution in [3.05, 3.63) is 33.7 Å². The third-order valence-corrected chi connectivity index (χ3v) is 3.89. The summed E-state index contributed by atoms with van der Waals surface area (Å²) >= 11 is 3.44. The third kappa shape index (κ3) is 1.33. The molecular weight excluding hydrogens is 271 g/mol. The summed E-state index contributed by atoms with van der Waals surface area (Å²) in [6, 6.07) is 3.16. The van der Waals surface area contributed by atoms with Gasteiger partial charge in [-0.1, -0.05) is 0 Å². The first-order chi connectivity index (χ1) is 7.68. The van der Waals surface area contributed by atoms with Gasteiger partial charge in [-0.25, -0.2) is 4.39 Å². The summed E-state index contributed by atoms with van der Waals surface area (Å²) in [4.78, 5) is 0. The highest BCUT2D eigenvalue weighted by Gasteiger charge is 2.19. The first-order valence-corrected chi connectivity index (χ1v) is 6.13. The summed E-state index contributed by atoms with van der Waals surface area (Å²) in [5.74, 6) is -0.182. The van der Waals surface area contributed by atoms with E-state index in [-0.39, 0.29) is 5.82 Å². The number of nitrogens with zero attached hydrogens (tertiary/aromatic N) is 1. The number of rotatable bonds is 0. The van der Waals surface area contributed by atoms with E-state index in [0.717, 1.165) is 34.9 Å². The molecule has 0 saturated heterocycles. The Morgan fingerprint density at radius 2 is 2.25 bits per heavy atom. The highest BCUT2D eigenvalue weighted by atomic mass is 79.9. The lowest BCUT2D eigenvalue weighted by molar-refractivity contribution is 0.621. The Labute approximate surface area is 102 Å². The molecule has 0 atom stereocenters. The van der Waals surface area contributed by atoms with E-state index in [1.807, 2.05) is 0 Å². The van der Waals surface area contributed by atoms with Gasteiger partial charge in [0.25, 0.3) is 0 Å². The molecule has 0 unspecified atom stereocenters. The van der Waals surface area contributed by atoms with Gasteiger partial charge in [0.05, 0.1) is 5.52 Å². The zero-order valence-electron chi connectivity index (χ0n) is 8.98. The van der Waals surface area contributed by atoms with Gasteiger partial charge in [0, 0.05) is 42.1 Å². The van der Waals surface area contributed by atoms with E-state index < -0.39 is 0 Å². The van der Waals surface area contributed by atoms with Gasteiger partial charge in [0.1, 0.15) is 5.82 Å². The van der Waals surface area contributed by atoms with E-state index in [1.165, 1.54) is 17.3 Å². The Hall–Kier alpha value is -0.870. The Kier molecular flexibility index (Phi) is 2.30. The fraction of sp³-hybridized carbons (Fsp3) is 0.333. The highest BCUT2D eigenvalue weighted by Crippen LogP contribution is 2.33. The van der Waals surface area contributed by atoms with E-state index in [1.54, 1.807) is 6.07 Å². The van der Waals surface area contributed by atoms with Gasteiger partial charge in [0.2, 0.25) is 0 Å². The second kappa shape index (κ2) is 3.57. The lowest BCUT2D eigenvalue weighted by atomic mass is 10.1. The maximum absolute atomic E-state index is 13.4. The summed E-state index contributed by atoms with van der Waals surface area (Å²) in [5, 5.41) is 4.36. The zero-order valence-corrected chi connectivity index (χ0v) is 10.6. The zero-order chi connectivity index (χ0) is 11.3. The van der Waals surface area contributed by atoms with Crippen LogP contribution >= 0.6 is 15.9 Å². The fourth-order valence-electron chi connectivity index (χ4n) is 2.57. The molecule has 1 aromatic carbocycles. The monoisotopic (exact) mass is 282 g/mol. The Bertz CT molecular complexity index is 574. The molecule has 0 bridgehead atoms. The van der Waals surface area contributed by atoms with Crippen LogP contribution in [0.5, 0.6) is 0 Å². The maximum atomic E-state index is 13.4. The number of hydrogen-bond donors (Lipinski definition) is 1. The predicted molar refractivity (Wildman–Crippen MR) is 66.0 cm³/mol. The van der Waals surface area contributed by atoms with E-state index in [9.17, 15) is 4.39 Å². The van der Waals surface area contributed by atoms with E-state index in [4.69, 9.17) is 0 Å². The van der Waals surface area contributed by atoms with Gasteiger partial charge in [-0.2, -0.15) is 0 Å². The molecule has 0 saturated carbocycles. The van der Waals surface area contributed by atoms with Crippen molar-refractivity contribution in [2.24, 2.45) is 7.05 Å². The largest absolute Gasteiger partial charge is 0.346 e. The summed E-state index contributed by atoms with van der Waals surface area (Å²) < 4.78 is 16.4. The molecule has 16 heavy (non-hydrogen) atoms. The van der Waals surface area contributed by atoms with Gasteiger partial charge < -0.3 is 9.88 Å². The first kappa shape index (κ1) is 10.3. The van der Waals surface area contributed by atoms with E-state index in [0.29, 0.717) is 0 Å². The molecule has 1 aromatic heterocycles. The van der Waals surface area contributed by atoms with Crippen molar-refractivity contribution >= 4 is 26.8 Å². The van der Waals surface area contributed by atoms with Crippen molar-refractivity contribution in [1.82, 2.24) is 9.88 Å². The summed E-state index contributed by atoms with van der Waals surface area (Å²) in [6.45, 7) is 1.83. The van der Waals surface area contributed by atoms with Crippen molar-refractivity contribution in [1.29, 1.82) is 0 Å². The number of aryl methyl sites for hydroxylation is 1. The third-order valence-electron chi connectivity index (χ3n) is 3.28. The maximum Gasteiger partial charge on any atom is 0.125 e. The molecule has 0 fully saturated rings. The van der Waals surface area contributed by atoms with Gasteiger partial charge in [-0.05, 0) is 33.6 Å². The lowest BCUT2D eigenvalue weighted by Gasteiger charge is -2.14. The van der Waals surface area contributed by atoms with Crippen molar-refractivity contribution in [2.45, 2.75) is 13.0 Å². The average molecular weight is 283 g/mol. The van der Waals surface area contributed by atoms with Crippen LogP contribution in [0, 0.1) is 5.82 Å². The molecule has 0 amide bonds. The van der Waals surface area contributed by atoms with E-state index >= 15 is 0 Å². The molecule has 0 radical (unpaired) electrons. The molecule has 4 heteroatoms. The fourth-order valence-corrected chi connectivity index (χ4v) is 3.26. The molecule has 1 aliphatic rings. The highest BCUT2D eigenvalue weighted by molar-refractivity contribution is 9.10. The number of fused-ring (bicyclic) bond motifs is 3. The van der Waals surface area contributed by atoms with Crippen LogP contribution in [0.4, 0.5) is 4.39 Å². The smallest absolute Gasteiger partial charge is 0.125 e. The van der Waals surface area contributed by atoms with Crippen molar-refractivity contribution in [2.75, 3.05) is 6.54 Å². The topological polar surface area (TPSA) is 17.0 Å². The van der Waals surface area contributed by atoms with Crippen molar-refractivity contribution in [3.8, 4) is 0 Å². The second-order valence-electron chi connectivity index (χ2n) is 4.19. The molecular formula is C12H12BrFN2. The second-order valence-corrected chi connectivity index (χ2v) is 5.05. The number of halogens is 2. The average Bonchev–Trinajstić information content (AvgIpc) is 2.54. The number of benzene rings is 1. The molecule has 2 heterocycles. The van der Waals surface area contributed by atoms with Crippen LogP contribution in [0.3, 0.4) is 0 Å². The molecule has 2 aromatic rings.